The number of ether oxygens (including phenoxy) is 1. The molecule has 1 aromatic heterocycles. The molecule has 0 bridgehead atoms. The van der Waals surface area contributed by atoms with Gasteiger partial charge in [-0.2, -0.15) is 0 Å². The number of nitrogens with zero attached hydrogens (tertiary/aromatic N) is 3. The number of amides is 1. The summed E-state index contributed by atoms with van der Waals surface area (Å²) < 4.78 is 6.95. The van der Waals surface area contributed by atoms with Crippen molar-refractivity contribution in [2.75, 3.05) is 19.5 Å². The minimum absolute atomic E-state index is 0.00333. The predicted molar refractivity (Wildman–Crippen MR) is 94.9 cm³/mol. The second-order valence-corrected chi connectivity index (χ2v) is 6.35. The SMILES string of the molecule is CCCC(NC(=O)CSc1nncn1CCOC)c1ccccc1. The molecule has 0 spiro atoms. The summed E-state index contributed by atoms with van der Waals surface area (Å²) in [5, 5.41) is 11.8. The maximum absolute atomic E-state index is 12.3. The number of aromatic nitrogens is 3. The molecule has 0 aliphatic carbocycles. The number of carbonyl (C=O) groups excluding carboxylic acids is 1. The molecule has 1 amide bonds. The van der Waals surface area contributed by atoms with Gasteiger partial charge in [-0.05, 0) is 12.0 Å². The number of nitrogens with one attached hydrogen (secondary N) is 1. The molecule has 0 fully saturated rings. The summed E-state index contributed by atoms with van der Waals surface area (Å²) in [5.41, 5.74) is 1.14. The summed E-state index contributed by atoms with van der Waals surface area (Å²) in [5.74, 6) is 0.322. The predicted octanol–water partition coefficient (Wildman–Crippen LogP) is 2.67. The van der Waals surface area contributed by atoms with Gasteiger partial charge < -0.3 is 14.6 Å². The highest BCUT2D eigenvalue weighted by Crippen LogP contribution is 2.19. The number of rotatable bonds is 10. The van der Waals surface area contributed by atoms with Crippen LogP contribution in [0.4, 0.5) is 0 Å². The normalized spacial score (nSPS) is 12.1. The van der Waals surface area contributed by atoms with Crippen LogP contribution in [0.5, 0.6) is 0 Å². The third-order valence-corrected chi connectivity index (χ3v) is 4.54. The molecule has 2 rings (SSSR count). The van der Waals surface area contributed by atoms with Crippen LogP contribution in [-0.2, 0) is 16.1 Å². The number of hydrogen-bond acceptors (Lipinski definition) is 5. The largest absolute Gasteiger partial charge is 0.383 e. The molecular formula is C17H24N4O2S. The van der Waals surface area contributed by atoms with E-state index in [0.29, 0.717) is 18.9 Å². The van der Waals surface area contributed by atoms with Crippen LogP contribution in [0.25, 0.3) is 0 Å². The number of thioether (sulfide) groups is 1. The van der Waals surface area contributed by atoms with Crippen LogP contribution in [0.15, 0.2) is 41.8 Å². The first kappa shape index (κ1) is 18.5. The van der Waals surface area contributed by atoms with E-state index in [0.717, 1.165) is 23.6 Å². The Hall–Kier alpha value is -1.86. The summed E-state index contributed by atoms with van der Waals surface area (Å²) >= 11 is 1.39. The van der Waals surface area contributed by atoms with Crippen LogP contribution in [0, 0.1) is 0 Å². The monoisotopic (exact) mass is 348 g/mol. The van der Waals surface area contributed by atoms with Gasteiger partial charge in [0.25, 0.3) is 0 Å². The highest BCUT2D eigenvalue weighted by molar-refractivity contribution is 7.99. The molecule has 130 valence electrons. The average Bonchev–Trinajstić information content (AvgIpc) is 3.06. The zero-order chi connectivity index (χ0) is 17.2. The highest BCUT2D eigenvalue weighted by Gasteiger charge is 2.15. The summed E-state index contributed by atoms with van der Waals surface area (Å²) in [6, 6.07) is 10.1. The minimum atomic E-state index is 0.00333. The Morgan fingerprint density at radius 2 is 2.17 bits per heavy atom. The van der Waals surface area contributed by atoms with Crippen LogP contribution < -0.4 is 5.32 Å². The highest BCUT2D eigenvalue weighted by atomic mass is 32.2. The lowest BCUT2D eigenvalue weighted by Gasteiger charge is -2.18. The van der Waals surface area contributed by atoms with Gasteiger partial charge in [0, 0.05) is 13.7 Å². The van der Waals surface area contributed by atoms with Crippen LogP contribution in [-0.4, -0.2) is 40.1 Å². The lowest BCUT2D eigenvalue weighted by molar-refractivity contribution is -0.119. The van der Waals surface area contributed by atoms with Gasteiger partial charge >= 0.3 is 0 Å². The number of benzene rings is 1. The molecule has 0 saturated heterocycles. The topological polar surface area (TPSA) is 69.0 Å². The smallest absolute Gasteiger partial charge is 0.230 e. The lowest BCUT2D eigenvalue weighted by Crippen LogP contribution is -2.30. The maximum atomic E-state index is 12.3. The molecule has 7 heteroatoms. The summed E-state index contributed by atoms with van der Waals surface area (Å²) in [6.07, 6.45) is 3.59. The van der Waals surface area contributed by atoms with Crippen molar-refractivity contribution in [3.63, 3.8) is 0 Å². The Morgan fingerprint density at radius 3 is 2.88 bits per heavy atom. The molecule has 1 unspecified atom stereocenters. The van der Waals surface area contributed by atoms with E-state index in [-0.39, 0.29) is 11.9 Å². The van der Waals surface area contributed by atoms with E-state index >= 15 is 0 Å². The molecule has 1 N–H and O–H groups in total. The van der Waals surface area contributed by atoms with Crippen molar-refractivity contribution < 1.29 is 9.53 Å². The van der Waals surface area contributed by atoms with E-state index < -0.39 is 0 Å². The Balaban J connectivity index is 1.88. The summed E-state index contributed by atoms with van der Waals surface area (Å²) in [7, 11) is 1.65. The quantitative estimate of drug-likeness (QED) is 0.669. The Labute approximate surface area is 147 Å². The lowest BCUT2D eigenvalue weighted by atomic mass is 10.0. The van der Waals surface area contributed by atoms with Gasteiger partial charge in [0.05, 0.1) is 18.4 Å². The zero-order valence-corrected chi connectivity index (χ0v) is 15.0. The van der Waals surface area contributed by atoms with Gasteiger partial charge in [-0.25, -0.2) is 0 Å². The van der Waals surface area contributed by atoms with Crippen molar-refractivity contribution >= 4 is 17.7 Å². The second kappa shape index (κ2) is 10.1. The third kappa shape index (κ3) is 5.65. The standard InChI is InChI=1S/C17H24N4O2S/c1-3-7-15(14-8-5-4-6-9-14)19-16(22)12-24-17-20-18-13-21(17)10-11-23-2/h4-6,8-9,13,15H,3,7,10-12H2,1-2H3,(H,19,22). The van der Waals surface area contributed by atoms with Crippen molar-refractivity contribution in [2.45, 2.75) is 37.5 Å². The number of hydrogen-bond donors (Lipinski definition) is 1. The first-order valence-corrected chi connectivity index (χ1v) is 9.07. The van der Waals surface area contributed by atoms with Crippen molar-refractivity contribution in [2.24, 2.45) is 0 Å². The Kier molecular flexibility index (Phi) is 7.77. The molecule has 1 aromatic carbocycles. The van der Waals surface area contributed by atoms with Gasteiger partial charge in [0.15, 0.2) is 5.16 Å². The second-order valence-electron chi connectivity index (χ2n) is 5.41. The van der Waals surface area contributed by atoms with Gasteiger partial charge in [-0.3, -0.25) is 4.79 Å². The Morgan fingerprint density at radius 1 is 1.38 bits per heavy atom. The average molecular weight is 348 g/mol. The minimum Gasteiger partial charge on any atom is -0.383 e. The molecule has 24 heavy (non-hydrogen) atoms. The molecule has 0 radical (unpaired) electrons. The number of carbonyl (C=O) groups is 1. The first-order chi connectivity index (χ1) is 11.7. The van der Waals surface area contributed by atoms with Crippen molar-refractivity contribution in [1.29, 1.82) is 0 Å². The van der Waals surface area contributed by atoms with Crippen LogP contribution in [0.3, 0.4) is 0 Å². The summed E-state index contributed by atoms with van der Waals surface area (Å²) in [6.45, 7) is 3.38. The summed E-state index contributed by atoms with van der Waals surface area (Å²) in [4.78, 5) is 12.3. The Bertz CT molecular complexity index is 618. The van der Waals surface area contributed by atoms with Gasteiger partial charge in [-0.1, -0.05) is 55.4 Å². The van der Waals surface area contributed by atoms with E-state index in [9.17, 15) is 4.79 Å². The van der Waals surface area contributed by atoms with Crippen LogP contribution in [0.2, 0.25) is 0 Å². The molecule has 6 nitrogen and oxygen atoms in total. The van der Waals surface area contributed by atoms with Crippen molar-refractivity contribution in [3.05, 3.63) is 42.2 Å². The first-order valence-electron chi connectivity index (χ1n) is 8.08. The van der Waals surface area contributed by atoms with Crippen molar-refractivity contribution in [1.82, 2.24) is 20.1 Å². The van der Waals surface area contributed by atoms with E-state index in [1.165, 1.54) is 11.8 Å². The fraction of sp³-hybridized carbons (Fsp3) is 0.471. The molecule has 0 aliphatic heterocycles. The molecular weight excluding hydrogens is 324 g/mol. The van der Waals surface area contributed by atoms with E-state index in [1.54, 1.807) is 13.4 Å². The molecule has 1 heterocycles. The van der Waals surface area contributed by atoms with E-state index in [2.05, 4.69) is 34.6 Å². The van der Waals surface area contributed by atoms with E-state index in [1.807, 2.05) is 22.8 Å². The fourth-order valence-corrected chi connectivity index (χ4v) is 3.11. The van der Waals surface area contributed by atoms with Gasteiger partial charge in [-0.15, -0.1) is 10.2 Å². The molecule has 0 aliphatic rings. The fourth-order valence-electron chi connectivity index (χ4n) is 2.36. The molecule has 1 atom stereocenters. The van der Waals surface area contributed by atoms with Crippen LogP contribution in [0.1, 0.15) is 31.4 Å². The van der Waals surface area contributed by atoms with Gasteiger partial charge in [0.2, 0.25) is 5.91 Å². The molecule has 0 saturated carbocycles. The van der Waals surface area contributed by atoms with Crippen LogP contribution >= 0.6 is 11.8 Å². The number of methoxy groups -OCH3 is 1. The van der Waals surface area contributed by atoms with Gasteiger partial charge in [0.1, 0.15) is 6.33 Å². The van der Waals surface area contributed by atoms with Crippen molar-refractivity contribution in [3.8, 4) is 0 Å². The molecule has 2 aromatic rings. The maximum Gasteiger partial charge on any atom is 0.230 e. The zero-order valence-electron chi connectivity index (χ0n) is 14.1. The third-order valence-electron chi connectivity index (χ3n) is 3.56. The van der Waals surface area contributed by atoms with E-state index in [4.69, 9.17) is 4.74 Å².